The molecular weight excluding hydrogens is 597 g/mol. The van der Waals surface area contributed by atoms with Crippen molar-refractivity contribution in [2.75, 3.05) is 9.80 Å². The number of rotatable bonds is 6. The van der Waals surface area contributed by atoms with Crippen molar-refractivity contribution < 1.29 is 4.74 Å². The molecule has 49 heavy (non-hydrogen) atoms. The normalized spacial score (nSPS) is 24.3. The molecule has 0 amide bonds. The first kappa shape index (κ1) is 29.7. The second-order valence-corrected chi connectivity index (χ2v) is 13.9. The van der Waals surface area contributed by atoms with Crippen molar-refractivity contribution >= 4 is 34.5 Å². The van der Waals surface area contributed by atoms with E-state index in [0.717, 1.165) is 11.4 Å². The summed E-state index contributed by atoms with van der Waals surface area (Å²) in [7, 11) is 0. The van der Waals surface area contributed by atoms with Crippen LogP contribution in [-0.2, 0) is 4.74 Å². The number of hydrogen-bond acceptors (Lipinski definition) is 3. The molecule has 1 fully saturated rings. The van der Waals surface area contributed by atoms with E-state index in [9.17, 15) is 0 Å². The van der Waals surface area contributed by atoms with Crippen molar-refractivity contribution in [2.24, 2.45) is 17.8 Å². The molecule has 1 heterocycles. The summed E-state index contributed by atoms with van der Waals surface area (Å²) in [6.45, 7) is 4.32. The van der Waals surface area contributed by atoms with Gasteiger partial charge >= 0.3 is 0 Å². The van der Waals surface area contributed by atoms with Crippen molar-refractivity contribution in [2.45, 2.75) is 32.0 Å². The molecule has 0 N–H and O–H groups in total. The molecule has 6 unspecified atom stereocenters. The van der Waals surface area contributed by atoms with Crippen molar-refractivity contribution in [3.05, 3.63) is 192 Å². The Morgan fingerprint density at radius 1 is 0.510 bits per heavy atom. The average molecular weight is 637 g/mol. The van der Waals surface area contributed by atoms with Crippen LogP contribution in [0.1, 0.15) is 28.2 Å². The fourth-order valence-corrected chi connectivity index (χ4v) is 8.55. The van der Waals surface area contributed by atoms with Gasteiger partial charge in [-0.3, -0.25) is 0 Å². The van der Waals surface area contributed by atoms with Gasteiger partial charge in [0.1, 0.15) is 0 Å². The topological polar surface area (TPSA) is 15.7 Å². The zero-order chi connectivity index (χ0) is 32.9. The highest BCUT2D eigenvalue weighted by atomic mass is 16.5. The molecule has 5 aromatic carbocycles. The molecule has 9 rings (SSSR count). The molecule has 240 valence electrons. The van der Waals surface area contributed by atoms with E-state index in [0.29, 0.717) is 23.7 Å². The third-order valence-corrected chi connectivity index (χ3v) is 10.7. The smallest absolute Gasteiger partial charge is 0.0839 e. The molecule has 3 nitrogen and oxygen atoms in total. The van der Waals surface area contributed by atoms with Gasteiger partial charge in [-0.05, 0) is 109 Å². The molecule has 0 spiro atoms. The molecular formula is C46H40N2O. The SMILES string of the molecule is Cc1cccc(N(C2=CC3C=CC4OC5C=Cc6cc(N(c7ccccc7)c7cccc(C)c7)ccc6C5C4C3C=C2)c2ccccc2)c1. The maximum Gasteiger partial charge on any atom is 0.0839 e. The number of anilines is 5. The number of nitrogens with zero attached hydrogens (tertiary/aromatic N) is 2. The summed E-state index contributed by atoms with van der Waals surface area (Å²) < 4.78 is 6.78. The van der Waals surface area contributed by atoms with Gasteiger partial charge in [-0.15, -0.1) is 0 Å². The monoisotopic (exact) mass is 636 g/mol. The summed E-state index contributed by atoms with van der Waals surface area (Å²) in [4.78, 5) is 4.75. The Balaban J connectivity index is 1.06. The summed E-state index contributed by atoms with van der Waals surface area (Å²) in [5.41, 5.74) is 12.2. The van der Waals surface area contributed by atoms with Crippen LogP contribution >= 0.6 is 0 Å². The minimum Gasteiger partial charge on any atom is -0.366 e. The minimum atomic E-state index is 0.0747. The lowest BCUT2D eigenvalue weighted by Gasteiger charge is -2.39. The molecule has 1 aliphatic heterocycles. The third kappa shape index (κ3) is 5.35. The van der Waals surface area contributed by atoms with Gasteiger partial charge in [0.15, 0.2) is 0 Å². The van der Waals surface area contributed by atoms with E-state index >= 15 is 0 Å². The molecule has 4 aliphatic rings. The van der Waals surface area contributed by atoms with Crippen LogP contribution in [0.4, 0.5) is 28.4 Å². The van der Waals surface area contributed by atoms with E-state index in [-0.39, 0.29) is 12.2 Å². The number of benzene rings is 5. The van der Waals surface area contributed by atoms with Crippen LogP contribution in [0.15, 0.2) is 170 Å². The summed E-state index contributed by atoms with van der Waals surface area (Å²) in [6.07, 6.45) is 16.8. The van der Waals surface area contributed by atoms with E-state index in [4.69, 9.17) is 4.74 Å². The number of aryl methyl sites for hydroxylation is 2. The van der Waals surface area contributed by atoms with Gasteiger partial charge in [0.05, 0.1) is 12.2 Å². The number of allylic oxidation sites excluding steroid dienone is 4. The van der Waals surface area contributed by atoms with E-state index in [1.807, 2.05) is 0 Å². The van der Waals surface area contributed by atoms with Crippen molar-refractivity contribution in [1.29, 1.82) is 0 Å². The molecule has 3 aliphatic carbocycles. The van der Waals surface area contributed by atoms with Gasteiger partial charge in [-0.1, -0.05) is 103 Å². The highest BCUT2D eigenvalue weighted by Crippen LogP contribution is 2.54. The predicted molar refractivity (Wildman–Crippen MR) is 203 cm³/mol. The molecule has 0 aromatic heterocycles. The van der Waals surface area contributed by atoms with Gasteiger partial charge in [0, 0.05) is 51.9 Å². The van der Waals surface area contributed by atoms with Crippen molar-refractivity contribution in [3.63, 3.8) is 0 Å². The number of para-hydroxylation sites is 2. The Hall–Kier alpha value is -5.38. The van der Waals surface area contributed by atoms with Gasteiger partial charge in [-0.25, -0.2) is 0 Å². The van der Waals surface area contributed by atoms with Crippen LogP contribution in [0.2, 0.25) is 0 Å². The molecule has 0 bridgehead atoms. The van der Waals surface area contributed by atoms with Crippen LogP contribution in [0.25, 0.3) is 6.08 Å². The maximum absolute atomic E-state index is 6.78. The molecule has 6 atom stereocenters. The summed E-state index contributed by atoms with van der Waals surface area (Å²) in [5.74, 6) is 1.30. The Kier molecular flexibility index (Phi) is 7.44. The lowest BCUT2D eigenvalue weighted by atomic mass is 9.64. The predicted octanol–water partition coefficient (Wildman–Crippen LogP) is 11.4. The van der Waals surface area contributed by atoms with Crippen LogP contribution < -0.4 is 9.80 Å². The van der Waals surface area contributed by atoms with E-state index < -0.39 is 0 Å². The number of hydrogen-bond donors (Lipinski definition) is 0. The van der Waals surface area contributed by atoms with E-state index in [1.54, 1.807) is 0 Å². The molecule has 3 heteroatoms. The largest absolute Gasteiger partial charge is 0.366 e. The van der Waals surface area contributed by atoms with Crippen molar-refractivity contribution in [3.8, 4) is 0 Å². The average Bonchev–Trinajstić information content (AvgIpc) is 3.53. The molecule has 5 aromatic rings. The summed E-state index contributed by atoms with van der Waals surface area (Å²) in [5, 5.41) is 0. The highest BCUT2D eigenvalue weighted by Gasteiger charge is 2.51. The minimum absolute atomic E-state index is 0.0747. The third-order valence-electron chi connectivity index (χ3n) is 10.7. The van der Waals surface area contributed by atoms with Gasteiger partial charge in [0.2, 0.25) is 0 Å². The second kappa shape index (κ2) is 12.3. The Bertz CT molecular complexity index is 2130. The van der Waals surface area contributed by atoms with Gasteiger partial charge in [0.25, 0.3) is 0 Å². The highest BCUT2D eigenvalue weighted by molar-refractivity contribution is 5.79. The zero-order valence-electron chi connectivity index (χ0n) is 27.9. The molecule has 1 saturated heterocycles. The molecule has 0 saturated carbocycles. The Morgan fingerprint density at radius 3 is 1.84 bits per heavy atom. The van der Waals surface area contributed by atoms with E-state index in [1.165, 1.54) is 45.0 Å². The summed E-state index contributed by atoms with van der Waals surface area (Å²) in [6, 6.07) is 46.0. The first-order chi connectivity index (χ1) is 24.1. The van der Waals surface area contributed by atoms with Crippen molar-refractivity contribution in [1.82, 2.24) is 0 Å². The number of ether oxygens (including phenoxy) is 1. The fourth-order valence-electron chi connectivity index (χ4n) is 8.55. The second-order valence-electron chi connectivity index (χ2n) is 13.9. The van der Waals surface area contributed by atoms with Crippen LogP contribution in [-0.4, -0.2) is 12.2 Å². The summed E-state index contributed by atoms with van der Waals surface area (Å²) >= 11 is 0. The first-order valence-corrected chi connectivity index (χ1v) is 17.5. The van der Waals surface area contributed by atoms with Crippen LogP contribution in [0.5, 0.6) is 0 Å². The number of fused-ring (bicyclic) bond motifs is 7. The quantitative estimate of drug-likeness (QED) is 0.173. The fraction of sp³-hybridized carbons (Fsp3) is 0.174. The zero-order valence-corrected chi connectivity index (χ0v) is 27.9. The Morgan fingerprint density at radius 2 is 1.14 bits per heavy atom. The van der Waals surface area contributed by atoms with E-state index in [2.05, 4.69) is 194 Å². The van der Waals surface area contributed by atoms with Gasteiger partial charge in [-0.2, -0.15) is 0 Å². The van der Waals surface area contributed by atoms with Crippen LogP contribution in [0.3, 0.4) is 0 Å². The maximum atomic E-state index is 6.78. The van der Waals surface area contributed by atoms with Gasteiger partial charge < -0.3 is 14.5 Å². The lowest BCUT2D eigenvalue weighted by Crippen LogP contribution is -2.35. The van der Waals surface area contributed by atoms with Crippen LogP contribution in [0, 0.1) is 31.6 Å². The molecule has 0 radical (unpaired) electrons. The first-order valence-electron chi connectivity index (χ1n) is 17.5. The Labute approximate surface area is 289 Å². The standard InChI is InChI=1S/C46H40N2O/c1-31-11-9-17-37(27-31)47(35-13-5-3-6-14-35)39-21-23-41-33(29-39)19-25-43-45(41)46-42-24-22-40(30-34(42)20-26-44(46)49-43)48(36-15-7-4-8-16-36)38-18-10-12-32(2)28-38/h3-30,33,41,43-46H,1-2H3. The lowest BCUT2D eigenvalue weighted by molar-refractivity contribution is 0.0756.